The van der Waals surface area contributed by atoms with Gasteiger partial charge in [0.15, 0.2) is 0 Å². The fourth-order valence-electron chi connectivity index (χ4n) is 2.51. The van der Waals surface area contributed by atoms with Crippen molar-refractivity contribution in [3.05, 3.63) is 29.8 Å². The summed E-state index contributed by atoms with van der Waals surface area (Å²) >= 11 is 0. The van der Waals surface area contributed by atoms with E-state index in [0.29, 0.717) is 12.5 Å². The van der Waals surface area contributed by atoms with Gasteiger partial charge in [0.2, 0.25) is 11.8 Å². The van der Waals surface area contributed by atoms with Crippen LogP contribution < -0.4 is 21.1 Å². The van der Waals surface area contributed by atoms with Crippen molar-refractivity contribution in [1.29, 1.82) is 0 Å². The molecule has 7 heteroatoms. The lowest BCUT2D eigenvalue weighted by Gasteiger charge is -2.19. The first kappa shape index (κ1) is 20.3. The summed E-state index contributed by atoms with van der Waals surface area (Å²) in [5, 5.41) is 5.68. The molecule has 1 aliphatic rings. The van der Waals surface area contributed by atoms with Crippen molar-refractivity contribution >= 4 is 24.2 Å². The molecule has 0 aromatic heterocycles. The molecule has 0 radical (unpaired) electrons. The van der Waals surface area contributed by atoms with Gasteiger partial charge in [-0.25, -0.2) is 0 Å². The lowest BCUT2D eigenvalue weighted by atomic mass is 10.0. The minimum atomic E-state index is -0.365. The molecule has 0 spiro atoms. The van der Waals surface area contributed by atoms with Gasteiger partial charge in [-0.3, -0.25) is 9.59 Å². The molecule has 1 aliphatic carbocycles. The number of halogens is 1. The number of carbonyl (C=O) groups excluding carboxylic acids is 2. The Morgan fingerprint density at radius 1 is 1.29 bits per heavy atom. The van der Waals surface area contributed by atoms with Gasteiger partial charge in [0.25, 0.3) is 0 Å². The van der Waals surface area contributed by atoms with Crippen molar-refractivity contribution in [3.8, 4) is 5.75 Å². The van der Waals surface area contributed by atoms with Crippen LogP contribution in [0.4, 0.5) is 0 Å². The number of amides is 2. The standard InChI is InChI=1S/C17H25N3O3.ClH/c1-11(21)20-16(13-5-7-14(23-2)8-6-13)9-17(22)19-10-15(18)12-3-4-12;/h5-8,12,15-16H,3-4,9-10,18H2,1-2H3,(H,19,22)(H,20,21);1H. The van der Waals surface area contributed by atoms with E-state index in [0.717, 1.165) is 24.2 Å². The molecule has 1 fully saturated rings. The second-order valence-corrected chi connectivity index (χ2v) is 6.04. The molecule has 0 heterocycles. The molecule has 0 saturated heterocycles. The zero-order chi connectivity index (χ0) is 16.8. The Morgan fingerprint density at radius 2 is 1.92 bits per heavy atom. The van der Waals surface area contributed by atoms with Gasteiger partial charge in [-0.1, -0.05) is 12.1 Å². The molecular formula is C17H26ClN3O3. The molecule has 0 aliphatic heterocycles. The molecular weight excluding hydrogens is 330 g/mol. The number of hydrogen-bond donors (Lipinski definition) is 3. The van der Waals surface area contributed by atoms with E-state index in [2.05, 4.69) is 10.6 Å². The molecule has 1 saturated carbocycles. The molecule has 6 nitrogen and oxygen atoms in total. The van der Waals surface area contributed by atoms with E-state index in [1.807, 2.05) is 24.3 Å². The summed E-state index contributed by atoms with van der Waals surface area (Å²) in [7, 11) is 1.59. The van der Waals surface area contributed by atoms with Gasteiger partial charge < -0.3 is 21.1 Å². The maximum atomic E-state index is 12.1. The third-order valence-electron chi connectivity index (χ3n) is 4.05. The number of nitrogens with two attached hydrogens (primary N) is 1. The highest BCUT2D eigenvalue weighted by Crippen LogP contribution is 2.31. The number of hydrogen-bond acceptors (Lipinski definition) is 4. The Hall–Kier alpha value is -1.79. The van der Waals surface area contributed by atoms with Gasteiger partial charge in [-0.2, -0.15) is 0 Å². The van der Waals surface area contributed by atoms with Crippen molar-refractivity contribution in [3.63, 3.8) is 0 Å². The van der Waals surface area contributed by atoms with Gasteiger partial charge in [0.1, 0.15) is 5.75 Å². The zero-order valence-electron chi connectivity index (χ0n) is 14.1. The molecule has 4 N–H and O–H groups in total. The van der Waals surface area contributed by atoms with Gasteiger partial charge in [0, 0.05) is 19.5 Å². The van der Waals surface area contributed by atoms with E-state index in [-0.39, 0.29) is 42.7 Å². The Morgan fingerprint density at radius 3 is 2.42 bits per heavy atom. The quantitative estimate of drug-likeness (QED) is 0.659. The van der Waals surface area contributed by atoms with Crippen molar-refractivity contribution in [1.82, 2.24) is 10.6 Å². The van der Waals surface area contributed by atoms with Crippen LogP contribution in [0.2, 0.25) is 0 Å². The van der Waals surface area contributed by atoms with Crippen molar-refractivity contribution in [2.75, 3.05) is 13.7 Å². The SMILES string of the molecule is COc1ccc(C(CC(=O)NCC(N)C2CC2)NC(C)=O)cc1.Cl. The Kier molecular flexibility index (Phi) is 8.01. The third kappa shape index (κ3) is 6.37. The average Bonchev–Trinajstić information content (AvgIpc) is 3.36. The average molecular weight is 356 g/mol. The van der Waals surface area contributed by atoms with Gasteiger partial charge >= 0.3 is 0 Å². The molecule has 24 heavy (non-hydrogen) atoms. The van der Waals surface area contributed by atoms with Gasteiger partial charge in [-0.05, 0) is 36.5 Å². The lowest BCUT2D eigenvalue weighted by Crippen LogP contribution is -2.40. The van der Waals surface area contributed by atoms with Crippen LogP contribution in [0.5, 0.6) is 5.75 Å². The van der Waals surface area contributed by atoms with E-state index in [1.165, 1.54) is 6.92 Å². The van der Waals surface area contributed by atoms with Crippen molar-refractivity contribution < 1.29 is 14.3 Å². The molecule has 2 rings (SSSR count). The predicted octanol–water partition coefficient (Wildman–Crippen LogP) is 1.54. The highest BCUT2D eigenvalue weighted by atomic mass is 35.5. The first-order valence-corrected chi connectivity index (χ1v) is 7.93. The maximum Gasteiger partial charge on any atom is 0.222 e. The second-order valence-electron chi connectivity index (χ2n) is 6.04. The number of methoxy groups -OCH3 is 1. The molecule has 1 aromatic carbocycles. The van der Waals surface area contributed by atoms with Gasteiger partial charge in [0.05, 0.1) is 19.6 Å². The molecule has 134 valence electrons. The van der Waals surface area contributed by atoms with Crippen LogP contribution >= 0.6 is 12.4 Å². The van der Waals surface area contributed by atoms with Crippen LogP contribution in [0.1, 0.15) is 37.8 Å². The predicted molar refractivity (Wildman–Crippen MR) is 95.1 cm³/mol. The first-order chi connectivity index (χ1) is 11.0. The summed E-state index contributed by atoms with van der Waals surface area (Å²) in [4.78, 5) is 23.5. The van der Waals surface area contributed by atoms with Crippen LogP contribution in [-0.2, 0) is 9.59 Å². The fourth-order valence-corrected chi connectivity index (χ4v) is 2.51. The summed E-state index contributed by atoms with van der Waals surface area (Å²) in [5.74, 6) is 0.988. The third-order valence-corrected chi connectivity index (χ3v) is 4.05. The summed E-state index contributed by atoms with van der Waals surface area (Å²) in [6, 6.07) is 6.98. The molecule has 2 unspecified atom stereocenters. The molecule has 2 amide bonds. The zero-order valence-corrected chi connectivity index (χ0v) is 14.9. The summed E-state index contributed by atoms with van der Waals surface area (Å²) < 4.78 is 5.12. The van der Waals surface area contributed by atoms with Crippen LogP contribution in [0.25, 0.3) is 0 Å². The van der Waals surface area contributed by atoms with Crippen LogP contribution in [-0.4, -0.2) is 31.5 Å². The minimum Gasteiger partial charge on any atom is -0.497 e. The van der Waals surface area contributed by atoms with Crippen LogP contribution in [0, 0.1) is 5.92 Å². The highest BCUT2D eigenvalue weighted by Gasteiger charge is 2.28. The summed E-state index contributed by atoms with van der Waals surface area (Å²) in [5.41, 5.74) is 6.85. The minimum absolute atomic E-state index is 0. The lowest BCUT2D eigenvalue weighted by molar-refractivity contribution is -0.122. The van der Waals surface area contributed by atoms with E-state index in [1.54, 1.807) is 7.11 Å². The van der Waals surface area contributed by atoms with E-state index in [9.17, 15) is 9.59 Å². The monoisotopic (exact) mass is 355 g/mol. The van der Waals surface area contributed by atoms with Gasteiger partial charge in [-0.15, -0.1) is 12.4 Å². The number of nitrogens with one attached hydrogen (secondary N) is 2. The Bertz CT molecular complexity index is 547. The number of ether oxygens (including phenoxy) is 1. The Labute approximate surface area is 148 Å². The number of carbonyl (C=O) groups is 2. The van der Waals surface area contributed by atoms with E-state index in [4.69, 9.17) is 10.5 Å². The molecule has 1 aromatic rings. The highest BCUT2D eigenvalue weighted by molar-refractivity contribution is 5.85. The van der Waals surface area contributed by atoms with Crippen LogP contribution in [0.15, 0.2) is 24.3 Å². The second kappa shape index (κ2) is 9.49. The largest absolute Gasteiger partial charge is 0.497 e. The fraction of sp³-hybridized carbons (Fsp3) is 0.529. The van der Waals surface area contributed by atoms with Crippen molar-refractivity contribution in [2.24, 2.45) is 11.7 Å². The van der Waals surface area contributed by atoms with E-state index < -0.39 is 0 Å². The number of benzene rings is 1. The van der Waals surface area contributed by atoms with Crippen LogP contribution in [0.3, 0.4) is 0 Å². The van der Waals surface area contributed by atoms with E-state index >= 15 is 0 Å². The molecule has 2 atom stereocenters. The smallest absolute Gasteiger partial charge is 0.222 e. The normalized spacial score (nSPS) is 15.6. The first-order valence-electron chi connectivity index (χ1n) is 7.93. The maximum absolute atomic E-state index is 12.1. The van der Waals surface area contributed by atoms with Crippen molar-refractivity contribution in [2.45, 2.75) is 38.3 Å². The topological polar surface area (TPSA) is 93.4 Å². The Balaban J connectivity index is 0.00000288. The summed E-state index contributed by atoms with van der Waals surface area (Å²) in [6.45, 7) is 1.93. The molecule has 0 bridgehead atoms. The summed E-state index contributed by atoms with van der Waals surface area (Å²) in [6.07, 6.45) is 2.48. The number of rotatable bonds is 8.